The van der Waals surface area contributed by atoms with Gasteiger partial charge < -0.3 is 28.4 Å². The van der Waals surface area contributed by atoms with Crippen molar-refractivity contribution in [3.63, 3.8) is 0 Å². The topological polar surface area (TPSA) is 148 Å². The van der Waals surface area contributed by atoms with Crippen LogP contribution in [0.4, 0.5) is 0 Å². The third kappa shape index (κ3) is 8.13. The van der Waals surface area contributed by atoms with Crippen molar-refractivity contribution >= 4 is 64.6 Å². The molecule has 0 amide bonds. The molecule has 30 heavy (non-hydrogen) atoms. The van der Waals surface area contributed by atoms with Crippen LogP contribution in [0.25, 0.3) is 0 Å². The minimum absolute atomic E-state index is 0.460. The Bertz CT molecular complexity index is 695. The number of esters is 4. The molecule has 14 heteroatoms. The Labute approximate surface area is 186 Å². The Kier molecular flexibility index (Phi) is 9.60. The van der Waals surface area contributed by atoms with Crippen molar-refractivity contribution in [3.05, 3.63) is 0 Å². The number of rotatable bonds is 6. The molecular formula is C16H20Cl3NO10. The van der Waals surface area contributed by atoms with Gasteiger partial charge in [0.1, 0.15) is 12.7 Å². The SMILES string of the molecule is CC(=O)OC[C@@H]1O[C@H](OC(=N)C(Cl)(Cl)Cl)[C@@H](OC(C)=O)[C@@H](OC(C)=O)[C@H]1OC(C)=O. The minimum atomic E-state index is -2.29. The van der Waals surface area contributed by atoms with Gasteiger partial charge in [-0.3, -0.25) is 24.6 Å². The summed E-state index contributed by atoms with van der Waals surface area (Å²) in [6.45, 7) is 3.86. The van der Waals surface area contributed by atoms with Crippen LogP contribution in [0, 0.1) is 5.41 Å². The molecule has 0 bridgehead atoms. The van der Waals surface area contributed by atoms with Crippen molar-refractivity contribution < 1.29 is 47.6 Å². The third-order valence-electron chi connectivity index (χ3n) is 3.44. The predicted molar refractivity (Wildman–Crippen MR) is 101 cm³/mol. The van der Waals surface area contributed by atoms with Crippen LogP contribution >= 0.6 is 34.8 Å². The van der Waals surface area contributed by atoms with E-state index in [9.17, 15) is 19.2 Å². The monoisotopic (exact) mass is 491 g/mol. The maximum Gasteiger partial charge on any atom is 0.303 e. The van der Waals surface area contributed by atoms with Crippen LogP contribution in [0.3, 0.4) is 0 Å². The molecule has 1 saturated heterocycles. The van der Waals surface area contributed by atoms with Gasteiger partial charge in [-0.2, -0.15) is 0 Å². The van der Waals surface area contributed by atoms with Crippen LogP contribution in [0.2, 0.25) is 0 Å². The van der Waals surface area contributed by atoms with Gasteiger partial charge in [-0.1, -0.05) is 34.8 Å². The first-order valence-corrected chi connectivity index (χ1v) is 9.48. The smallest absolute Gasteiger partial charge is 0.303 e. The molecule has 0 aliphatic carbocycles. The highest BCUT2D eigenvalue weighted by Crippen LogP contribution is 2.33. The zero-order chi connectivity index (χ0) is 23.2. The Balaban J connectivity index is 3.37. The summed E-state index contributed by atoms with van der Waals surface area (Å²) in [4.78, 5) is 46.1. The molecule has 0 aromatic rings. The van der Waals surface area contributed by atoms with Gasteiger partial charge >= 0.3 is 23.9 Å². The second-order valence-corrected chi connectivity index (χ2v) is 8.29. The lowest BCUT2D eigenvalue weighted by Gasteiger charge is -2.44. The van der Waals surface area contributed by atoms with Crippen molar-refractivity contribution in [3.8, 4) is 0 Å². The lowest BCUT2D eigenvalue weighted by molar-refractivity contribution is -0.292. The van der Waals surface area contributed by atoms with Gasteiger partial charge in [-0.15, -0.1) is 0 Å². The fraction of sp³-hybridized carbons (Fsp3) is 0.688. The van der Waals surface area contributed by atoms with Crippen molar-refractivity contribution in [1.29, 1.82) is 5.41 Å². The van der Waals surface area contributed by atoms with E-state index in [0.29, 0.717) is 0 Å². The predicted octanol–water partition coefficient (Wildman–Crippen LogP) is 1.43. The Hall–Kier alpha value is -1.82. The summed E-state index contributed by atoms with van der Waals surface area (Å²) in [6.07, 6.45) is -7.25. The number of ether oxygens (including phenoxy) is 6. The molecule has 0 saturated carbocycles. The summed E-state index contributed by atoms with van der Waals surface area (Å²) >= 11 is 16.8. The summed E-state index contributed by atoms with van der Waals surface area (Å²) in [6, 6.07) is 0. The molecule has 0 radical (unpaired) electrons. The van der Waals surface area contributed by atoms with E-state index < -0.39 is 70.9 Å². The van der Waals surface area contributed by atoms with Gasteiger partial charge in [-0.05, 0) is 0 Å². The average Bonchev–Trinajstić information content (AvgIpc) is 2.56. The van der Waals surface area contributed by atoms with E-state index >= 15 is 0 Å². The van der Waals surface area contributed by atoms with Crippen molar-refractivity contribution in [1.82, 2.24) is 0 Å². The normalized spacial score (nSPS) is 26.2. The third-order valence-corrected chi connectivity index (χ3v) is 3.95. The van der Waals surface area contributed by atoms with Gasteiger partial charge in [0.25, 0.3) is 3.79 Å². The van der Waals surface area contributed by atoms with E-state index in [1.165, 1.54) is 0 Å². The Morgan fingerprint density at radius 2 is 1.27 bits per heavy atom. The number of hydrogen-bond acceptors (Lipinski definition) is 11. The largest absolute Gasteiger partial charge is 0.463 e. The quantitative estimate of drug-likeness (QED) is 0.190. The molecule has 1 aliphatic rings. The molecule has 0 spiro atoms. The first kappa shape index (κ1) is 26.2. The fourth-order valence-corrected chi connectivity index (χ4v) is 2.60. The number of nitrogens with one attached hydrogen (secondary N) is 1. The van der Waals surface area contributed by atoms with Gasteiger partial charge in [0.15, 0.2) is 12.2 Å². The van der Waals surface area contributed by atoms with E-state index in [2.05, 4.69) is 0 Å². The molecule has 1 N–H and O–H groups in total. The van der Waals surface area contributed by atoms with Crippen LogP contribution in [0.15, 0.2) is 0 Å². The summed E-state index contributed by atoms with van der Waals surface area (Å²) in [5.41, 5.74) is 0. The molecular weight excluding hydrogens is 473 g/mol. The summed E-state index contributed by atoms with van der Waals surface area (Å²) < 4.78 is 28.9. The molecule has 5 atom stereocenters. The molecule has 1 aliphatic heterocycles. The van der Waals surface area contributed by atoms with Gasteiger partial charge in [-0.25, -0.2) is 0 Å². The van der Waals surface area contributed by atoms with Crippen molar-refractivity contribution in [2.75, 3.05) is 6.61 Å². The maximum atomic E-state index is 11.7. The standard InChI is InChI=1S/C16H20Cl3NO10/c1-6(21)25-5-10-11(26-7(2)22)12(27-8(3)23)13(28-9(4)24)14(29-10)30-15(20)16(17,18)19/h10-14,20H,5H2,1-4H3/t10-,11-,12-,13-,14+/m0/s1. The van der Waals surface area contributed by atoms with Crippen LogP contribution in [0.5, 0.6) is 0 Å². The molecule has 0 unspecified atom stereocenters. The summed E-state index contributed by atoms with van der Waals surface area (Å²) in [5.74, 6) is -4.03. The highest BCUT2D eigenvalue weighted by Gasteiger charge is 2.54. The highest BCUT2D eigenvalue weighted by molar-refractivity contribution is 6.76. The number of carbonyl (C=O) groups is 4. The zero-order valence-corrected chi connectivity index (χ0v) is 18.6. The van der Waals surface area contributed by atoms with E-state index in [0.717, 1.165) is 27.7 Å². The molecule has 1 fully saturated rings. The molecule has 1 rings (SSSR count). The first-order chi connectivity index (χ1) is 13.7. The lowest BCUT2D eigenvalue weighted by atomic mass is 9.98. The van der Waals surface area contributed by atoms with Gasteiger partial charge in [0, 0.05) is 27.7 Å². The van der Waals surface area contributed by atoms with Crippen LogP contribution in [-0.4, -0.2) is 70.9 Å². The lowest BCUT2D eigenvalue weighted by Crippen LogP contribution is -2.63. The molecule has 1 heterocycles. The molecule has 11 nitrogen and oxygen atoms in total. The minimum Gasteiger partial charge on any atom is -0.463 e. The van der Waals surface area contributed by atoms with Crippen molar-refractivity contribution in [2.45, 2.75) is 62.2 Å². The zero-order valence-electron chi connectivity index (χ0n) is 16.3. The summed E-state index contributed by atoms with van der Waals surface area (Å²) in [7, 11) is 0. The molecule has 0 aromatic carbocycles. The maximum absolute atomic E-state index is 11.7. The Morgan fingerprint density at radius 3 is 1.70 bits per heavy atom. The van der Waals surface area contributed by atoms with E-state index in [1.54, 1.807) is 0 Å². The van der Waals surface area contributed by atoms with E-state index in [1.807, 2.05) is 0 Å². The number of halogens is 3. The van der Waals surface area contributed by atoms with Crippen LogP contribution in [0.1, 0.15) is 27.7 Å². The van der Waals surface area contributed by atoms with Crippen LogP contribution < -0.4 is 0 Å². The van der Waals surface area contributed by atoms with E-state index in [4.69, 9.17) is 68.6 Å². The van der Waals surface area contributed by atoms with Crippen LogP contribution in [-0.2, 0) is 47.6 Å². The molecule has 170 valence electrons. The van der Waals surface area contributed by atoms with Gasteiger partial charge in [0.05, 0.1) is 0 Å². The first-order valence-electron chi connectivity index (χ1n) is 8.35. The number of hydrogen-bond donors (Lipinski definition) is 1. The van der Waals surface area contributed by atoms with Crippen molar-refractivity contribution in [2.24, 2.45) is 0 Å². The molecule has 0 aromatic heterocycles. The fourth-order valence-electron chi connectivity index (χ4n) is 2.47. The van der Waals surface area contributed by atoms with Gasteiger partial charge in [0.2, 0.25) is 18.3 Å². The number of carbonyl (C=O) groups excluding carboxylic acids is 4. The second kappa shape index (κ2) is 11.0. The highest BCUT2D eigenvalue weighted by atomic mass is 35.6. The number of alkyl halides is 3. The van der Waals surface area contributed by atoms with E-state index in [-0.39, 0.29) is 0 Å². The average molecular weight is 493 g/mol. The Morgan fingerprint density at radius 1 is 0.800 bits per heavy atom. The second-order valence-electron chi connectivity index (χ2n) is 6.01. The summed E-state index contributed by atoms with van der Waals surface area (Å²) in [5, 5.41) is 7.74.